The third kappa shape index (κ3) is 4.68. The molecule has 1 atom stereocenters. The molecule has 0 unspecified atom stereocenters. The Hall–Kier alpha value is -3.08. The van der Waals surface area contributed by atoms with Gasteiger partial charge in [-0.1, -0.05) is 11.3 Å². The standard InChI is InChI=1S/C23H28N8OS/c1-15-14-30(10-11-32-3)8-9-31(15)17-6-7-24-21(12-17)28-23-27-20-5-4-19(26-22(20)33-23)18-13-25-29-16(18)2/h4-7,12-13,15H,8-11,14H2,1-3H3,(H,25,29)(H,24,27,28)/t15-/m0/s1. The van der Waals surface area contributed by atoms with Crippen LogP contribution in [0.1, 0.15) is 12.6 Å². The van der Waals surface area contributed by atoms with E-state index in [1.165, 1.54) is 17.0 Å². The molecule has 4 aromatic rings. The summed E-state index contributed by atoms with van der Waals surface area (Å²) in [4.78, 5) is 19.8. The second kappa shape index (κ2) is 9.42. The summed E-state index contributed by atoms with van der Waals surface area (Å²) in [5.74, 6) is 0.784. The molecule has 1 fully saturated rings. The predicted octanol–water partition coefficient (Wildman–Crippen LogP) is 3.69. The molecule has 0 amide bonds. The monoisotopic (exact) mass is 464 g/mol. The molecule has 0 saturated carbocycles. The Kier molecular flexibility index (Phi) is 6.21. The van der Waals surface area contributed by atoms with Crippen molar-refractivity contribution < 1.29 is 4.74 Å². The van der Waals surface area contributed by atoms with Crippen molar-refractivity contribution in [2.24, 2.45) is 0 Å². The number of hydrogen-bond donors (Lipinski definition) is 2. The van der Waals surface area contributed by atoms with E-state index in [-0.39, 0.29) is 0 Å². The number of H-pyrrole nitrogens is 1. The molecule has 4 aromatic heterocycles. The van der Waals surface area contributed by atoms with E-state index in [1.54, 1.807) is 13.3 Å². The number of methoxy groups -OCH3 is 1. The largest absolute Gasteiger partial charge is 0.383 e. The molecule has 0 bridgehead atoms. The van der Waals surface area contributed by atoms with Gasteiger partial charge in [0, 0.05) is 68.5 Å². The molecular formula is C23H28N8OS. The molecule has 0 radical (unpaired) electrons. The van der Waals surface area contributed by atoms with Gasteiger partial charge in [-0.2, -0.15) is 5.10 Å². The lowest BCUT2D eigenvalue weighted by atomic mass is 10.1. The summed E-state index contributed by atoms with van der Waals surface area (Å²) in [5.41, 5.74) is 4.93. The lowest BCUT2D eigenvalue weighted by molar-refractivity contribution is 0.136. The van der Waals surface area contributed by atoms with Crippen LogP contribution < -0.4 is 10.2 Å². The maximum atomic E-state index is 5.23. The first-order valence-corrected chi connectivity index (χ1v) is 11.9. The van der Waals surface area contributed by atoms with E-state index in [4.69, 9.17) is 14.7 Å². The SMILES string of the molecule is COCCN1CCN(c2ccnc(Nc3nc4ccc(-c5cn[nH]c5C)nc4s3)c2)[C@@H](C)C1. The lowest BCUT2D eigenvalue weighted by Crippen LogP contribution is -2.52. The summed E-state index contributed by atoms with van der Waals surface area (Å²) in [5, 5.41) is 11.2. The van der Waals surface area contributed by atoms with E-state index >= 15 is 0 Å². The van der Waals surface area contributed by atoms with Crippen LogP contribution in [0, 0.1) is 6.92 Å². The van der Waals surface area contributed by atoms with Gasteiger partial charge in [0.15, 0.2) is 5.13 Å². The maximum Gasteiger partial charge on any atom is 0.190 e. The van der Waals surface area contributed by atoms with Gasteiger partial charge in [-0.3, -0.25) is 10.00 Å². The number of hydrogen-bond acceptors (Lipinski definition) is 9. The fourth-order valence-corrected chi connectivity index (χ4v) is 5.09. The van der Waals surface area contributed by atoms with Crippen LogP contribution in [-0.4, -0.2) is 76.0 Å². The predicted molar refractivity (Wildman–Crippen MR) is 132 cm³/mol. The van der Waals surface area contributed by atoms with Crippen LogP contribution in [0.4, 0.5) is 16.6 Å². The second-order valence-corrected chi connectivity index (χ2v) is 9.29. The minimum atomic E-state index is 0.419. The molecule has 9 nitrogen and oxygen atoms in total. The van der Waals surface area contributed by atoms with Crippen molar-refractivity contribution in [3.05, 3.63) is 42.4 Å². The van der Waals surface area contributed by atoms with Crippen molar-refractivity contribution in [3.63, 3.8) is 0 Å². The van der Waals surface area contributed by atoms with Crippen LogP contribution in [0.25, 0.3) is 21.6 Å². The number of ether oxygens (including phenoxy) is 1. The van der Waals surface area contributed by atoms with Crippen LogP contribution in [0.15, 0.2) is 36.7 Å². The molecule has 1 aliphatic heterocycles. The Morgan fingerprint density at radius 2 is 2.15 bits per heavy atom. The average Bonchev–Trinajstić information content (AvgIpc) is 3.42. The van der Waals surface area contributed by atoms with E-state index in [0.29, 0.717) is 6.04 Å². The Bertz CT molecular complexity index is 1240. The van der Waals surface area contributed by atoms with Gasteiger partial charge < -0.3 is 15.0 Å². The van der Waals surface area contributed by atoms with Crippen LogP contribution in [0.2, 0.25) is 0 Å². The topological polar surface area (TPSA) is 95.1 Å². The molecule has 0 aromatic carbocycles. The summed E-state index contributed by atoms with van der Waals surface area (Å²) in [7, 11) is 1.76. The van der Waals surface area contributed by atoms with E-state index in [9.17, 15) is 0 Å². The highest BCUT2D eigenvalue weighted by molar-refractivity contribution is 7.21. The zero-order valence-corrected chi connectivity index (χ0v) is 19.9. The van der Waals surface area contributed by atoms with Crippen molar-refractivity contribution in [1.29, 1.82) is 0 Å². The third-order valence-electron chi connectivity index (χ3n) is 5.99. The Balaban J connectivity index is 1.31. The van der Waals surface area contributed by atoms with Crippen molar-refractivity contribution in [1.82, 2.24) is 30.0 Å². The van der Waals surface area contributed by atoms with E-state index in [2.05, 4.69) is 49.4 Å². The summed E-state index contributed by atoms with van der Waals surface area (Å²) in [6.45, 7) is 9.05. The van der Waals surface area contributed by atoms with Crippen LogP contribution in [0.3, 0.4) is 0 Å². The summed E-state index contributed by atoms with van der Waals surface area (Å²) >= 11 is 1.52. The fourth-order valence-electron chi connectivity index (χ4n) is 4.25. The van der Waals surface area contributed by atoms with Gasteiger partial charge in [0.1, 0.15) is 16.2 Å². The molecule has 5 heterocycles. The number of piperazine rings is 1. The zero-order valence-electron chi connectivity index (χ0n) is 19.1. The van der Waals surface area contributed by atoms with Gasteiger partial charge in [-0.15, -0.1) is 0 Å². The van der Waals surface area contributed by atoms with E-state index in [1.807, 2.05) is 25.3 Å². The van der Waals surface area contributed by atoms with Gasteiger partial charge in [0.25, 0.3) is 0 Å². The molecule has 10 heteroatoms. The molecule has 0 aliphatic carbocycles. The third-order valence-corrected chi connectivity index (χ3v) is 6.88. The number of nitrogens with zero attached hydrogens (tertiary/aromatic N) is 6. The minimum absolute atomic E-state index is 0.419. The van der Waals surface area contributed by atoms with E-state index < -0.39 is 0 Å². The van der Waals surface area contributed by atoms with Crippen LogP contribution >= 0.6 is 11.3 Å². The second-order valence-electron chi connectivity index (χ2n) is 8.31. The fraction of sp³-hybridized carbons (Fsp3) is 0.391. The molecule has 5 rings (SSSR count). The molecule has 1 aliphatic rings. The smallest absolute Gasteiger partial charge is 0.190 e. The maximum absolute atomic E-state index is 5.23. The number of aromatic nitrogens is 5. The van der Waals surface area contributed by atoms with Crippen LogP contribution in [0.5, 0.6) is 0 Å². The first-order chi connectivity index (χ1) is 16.1. The molecule has 1 saturated heterocycles. The van der Waals surface area contributed by atoms with Gasteiger partial charge in [-0.05, 0) is 32.0 Å². The van der Waals surface area contributed by atoms with Gasteiger partial charge in [-0.25, -0.2) is 15.0 Å². The van der Waals surface area contributed by atoms with Crippen LogP contribution in [-0.2, 0) is 4.74 Å². The lowest BCUT2D eigenvalue weighted by Gasteiger charge is -2.41. The summed E-state index contributed by atoms with van der Waals surface area (Å²) in [6, 6.07) is 8.58. The number of anilines is 3. The molecule has 0 spiro atoms. The molecule has 172 valence electrons. The number of thiazole rings is 1. The normalized spacial score (nSPS) is 17.1. The highest BCUT2D eigenvalue weighted by Gasteiger charge is 2.24. The van der Waals surface area contributed by atoms with Crippen molar-refractivity contribution in [3.8, 4) is 11.3 Å². The first kappa shape index (κ1) is 21.7. The van der Waals surface area contributed by atoms with Gasteiger partial charge in [0.2, 0.25) is 0 Å². The highest BCUT2D eigenvalue weighted by atomic mass is 32.1. The molecular weight excluding hydrogens is 436 g/mol. The number of nitrogens with one attached hydrogen (secondary N) is 2. The minimum Gasteiger partial charge on any atom is -0.383 e. The first-order valence-electron chi connectivity index (χ1n) is 11.1. The van der Waals surface area contributed by atoms with Crippen molar-refractivity contribution in [2.45, 2.75) is 19.9 Å². The summed E-state index contributed by atoms with van der Waals surface area (Å²) in [6.07, 6.45) is 3.66. The van der Waals surface area contributed by atoms with E-state index in [0.717, 1.165) is 71.0 Å². The van der Waals surface area contributed by atoms with Crippen molar-refractivity contribution >= 4 is 38.3 Å². The molecule has 33 heavy (non-hydrogen) atoms. The van der Waals surface area contributed by atoms with Crippen molar-refractivity contribution in [2.75, 3.05) is 50.1 Å². The number of pyridine rings is 2. The number of fused-ring (bicyclic) bond motifs is 1. The van der Waals surface area contributed by atoms with Gasteiger partial charge in [0.05, 0.1) is 18.5 Å². The number of aromatic amines is 1. The Morgan fingerprint density at radius 3 is 2.94 bits per heavy atom. The quantitative estimate of drug-likeness (QED) is 0.428. The summed E-state index contributed by atoms with van der Waals surface area (Å²) < 4.78 is 5.23. The number of rotatable bonds is 7. The highest BCUT2D eigenvalue weighted by Crippen LogP contribution is 2.30. The zero-order chi connectivity index (χ0) is 22.8. The molecule has 2 N–H and O–H groups in total. The number of aryl methyl sites for hydroxylation is 1. The Morgan fingerprint density at radius 1 is 1.24 bits per heavy atom. The van der Waals surface area contributed by atoms with Gasteiger partial charge >= 0.3 is 0 Å². The Labute approximate surface area is 196 Å². The average molecular weight is 465 g/mol.